The fourth-order valence-corrected chi connectivity index (χ4v) is 2.53. The number of nitrogens with zero attached hydrogens (tertiary/aromatic N) is 4. The quantitative estimate of drug-likeness (QED) is 0.739. The SMILES string of the molecule is Cc1cnc(Nc2cnn(C)c2)nc1-c1ccc(C(=O)NC(C)C)cc1. The van der Waals surface area contributed by atoms with Crippen LogP contribution in [0.25, 0.3) is 11.3 Å². The van der Waals surface area contributed by atoms with E-state index in [0.29, 0.717) is 11.5 Å². The Balaban J connectivity index is 1.84. The first-order valence-electron chi connectivity index (χ1n) is 8.43. The van der Waals surface area contributed by atoms with Gasteiger partial charge in [0.1, 0.15) is 0 Å². The second kappa shape index (κ2) is 7.35. The highest BCUT2D eigenvalue weighted by molar-refractivity contribution is 5.94. The van der Waals surface area contributed by atoms with Crippen LogP contribution in [0.1, 0.15) is 29.8 Å². The van der Waals surface area contributed by atoms with Gasteiger partial charge in [0.2, 0.25) is 5.95 Å². The van der Waals surface area contributed by atoms with E-state index in [-0.39, 0.29) is 11.9 Å². The minimum atomic E-state index is -0.0788. The number of carbonyl (C=O) groups excluding carboxylic acids is 1. The van der Waals surface area contributed by atoms with Crippen LogP contribution in [0.2, 0.25) is 0 Å². The Morgan fingerprint density at radius 2 is 1.88 bits per heavy atom. The van der Waals surface area contributed by atoms with Crippen LogP contribution in [0.5, 0.6) is 0 Å². The molecule has 26 heavy (non-hydrogen) atoms. The number of carbonyl (C=O) groups is 1. The van der Waals surface area contributed by atoms with Crippen LogP contribution in [0, 0.1) is 6.92 Å². The third-order valence-corrected chi connectivity index (χ3v) is 3.77. The fourth-order valence-electron chi connectivity index (χ4n) is 2.53. The Labute approximate surface area is 152 Å². The zero-order valence-electron chi connectivity index (χ0n) is 15.3. The third-order valence-electron chi connectivity index (χ3n) is 3.77. The maximum absolute atomic E-state index is 12.1. The van der Waals surface area contributed by atoms with Crippen LogP contribution in [-0.2, 0) is 7.05 Å². The van der Waals surface area contributed by atoms with Crippen molar-refractivity contribution in [1.82, 2.24) is 25.1 Å². The molecule has 0 saturated carbocycles. The average molecular weight is 350 g/mol. The van der Waals surface area contributed by atoms with Crippen molar-refractivity contribution in [3.8, 4) is 11.3 Å². The van der Waals surface area contributed by atoms with Crippen molar-refractivity contribution in [2.75, 3.05) is 5.32 Å². The molecule has 0 aliphatic carbocycles. The molecule has 134 valence electrons. The van der Waals surface area contributed by atoms with Crippen LogP contribution >= 0.6 is 0 Å². The van der Waals surface area contributed by atoms with E-state index < -0.39 is 0 Å². The van der Waals surface area contributed by atoms with Gasteiger partial charge in [-0.3, -0.25) is 9.48 Å². The summed E-state index contributed by atoms with van der Waals surface area (Å²) in [4.78, 5) is 21.0. The number of hydrogen-bond acceptors (Lipinski definition) is 5. The van der Waals surface area contributed by atoms with Crippen LogP contribution < -0.4 is 10.6 Å². The van der Waals surface area contributed by atoms with Crippen molar-refractivity contribution >= 4 is 17.5 Å². The Hall–Kier alpha value is -3.22. The highest BCUT2D eigenvalue weighted by Crippen LogP contribution is 2.23. The molecule has 0 radical (unpaired) electrons. The van der Waals surface area contributed by atoms with Gasteiger partial charge in [-0.15, -0.1) is 0 Å². The van der Waals surface area contributed by atoms with Gasteiger partial charge in [0, 0.05) is 36.6 Å². The zero-order valence-corrected chi connectivity index (χ0v) is 15.3. The Kier molecular flexibility index (Phi) is 4.97. The molecule has 0 saturated heterocycles. The lowest BCUT2D eigenvalue weighted by molar-refractivity contribution is 0.0943. The number of aryl methyl sites for hydroxylation is 2. The van der Waals surface area contributed by atoms with E-state index in [1.54, 1.807) is 17.1 Å². The first kappa shape index (κ1) is 17.6. The molecule has 0 fully saturated rings. The van der Waals surface area contributed by atoms with E-state index in [1.165, 1.54) is 0 Å². The molecule has 0 spiro atoms. The molecule has 0 bridgehead atoms. The van der Waals surface area contributed by atoms with E-state index in [4.69, 9.17) is 0 Å². The molecule has 1 amide bonds. The van der Waals surface area contributed by atoms with Gasteiger partial charge in [-0.25, -0.2) is 9.97 Å². The van der Waals surface area contributed by atoms with Crippen LogP contribution in [0.15, 0.2) is 42.9 Å². The molecule has 7 heteroatoms. The van der Waals surface area contributed by atoms with Crippen molar-refractivity contribution < 1.29 is 4.79 Å². The number of hydrogen-bond donors (Lipinski definition) is 2. The van der Waals surface area contributed by atoms with Crippen LogP contribution in [-0.4, -0.2) is 31.7 Å². The first-order valence-corrected chi connectivity index (χ1v) is 8.43. The number of nitrogens with one attached hydrogen (secondary N) is 2. The van der Waals surface area contributed by atoms with Crippen LogP contribution in [0.4, 0.5) is 11.6 Å². The van der Waals surface area contributed by atoms with E-state index in [1.807, 2.05) is 58.3 Å². The number of anilines is 2. The standard InChI is InChI=1S/C19H22N6O/c1-12(2)22-18(26)15-7-5-14(6-8-15)17-13(3)9-20-19(24-17)23-16-10-21-25(4)11-16/h5-12H,1-4H3,(H,22,26)(H,20,23,24). The second-order valence-corrected chi connectivity index (χ2v) is 6.46. The lowest BCUT2D eigenvalue weighted by Gasteiger charge is -2.10. The molecule has 7 nitrogen and oxygen atoms in total. The summed E-state index contributed by atoms with van der Waals surface area (Å²) in [6.45, 7) is 5.84. The van der Waals surface area contributed by atoms with Gasteiger partial charge in [-0.05, 0) is 38.5 Å². The number of rotatable bonds is 5. The van der Waals surface area contributed by atoms with Crippen molar-refractivity contribution in [2.45, 2.75) is 26.8 Å². The average Bonchev–Trinajstić information content (AvgIpc) is 3.01. The molecule has 1 aromatic carbocycles. The van der Waals surface area contributed by atoms with E-state index in [9.17, 15) is 4.79 Å². The summed E-state index contributed by atoms with van der Waals surface area (Å²) >= 11 is 0. The van der Waals surface area contributed by atoms with Gasteiger partial charge in [0.25, 0.3) is 5.91 Å². The summed E-state index contributed by atoms with van der Waals surface area (Å²) in [5.74, 6) is 0.421. The van der Waals surface area contributed by atoms with Crippen molar-refractivity contribution in [3.63, 3.8) is 0 Å². The normalized spacial score (nSPS) is 10.8. The Morgan fingerprint density at radius 3 is 2.50 bits per heavy atom. The van der Waals surface area contributed by atoms with Gasteiger partial charge in [-0.2, -0.15) is 5.10 Å². The zero-order chi connectivity index (χ0) is 18.7. The highest BCUT2D eigenvalue weighted by atomic mass is 16.1. The minimum Gasteiger partial charge on any atom is -0.350 e. The van der Waals surface area contributed by atoms with Crippen LogP contribution in [0.3, 0.4) is 0 Å². The number of amides is 1. The van der Waals surface area contributed by atoms with Crippen molar-refractivity contribution in [3.05, 3.63) is 54.0 Å². The smallest absolute Gasteiger partial charge is 0.251 e. The summed E-state index contributed by atoms with van der Waals surface area (Å²) in [6.07, 6.45) is 5.34. The van der Waals surface area contributed by atoms with E-state index in [0.717, 1.165) is 22.5 Å². The monoisotopic (exact) mass is 350 g/mol. The summed E-state index contributed by atoms with van der Waals surface area (Å²) < 4.78 is 1.71. The summed E-state index contributed by atoms with van der Waals surface area (Å²) in [5.41, 5.74) is 4.16. The summed E-state index contributed by atoms with van der Waals surface area (Å²) in [7, 11) is 1.85. The van der Waals surface area contributed by atoms with E-state index in [2.05, 4.69) is 25.7 Å². The third kappa shape index (κ3) is 4.05. The number of aromatic nitrogens is 4. The predicted octanol–water partition coefficient (Wildman–Crippen LogP) is 3.07. The van der Waals surface area contributed by atoms with Gasteiger partial charge >= 0.3 is 0 Å². The fraction of sp³-hybridized carbons (Fsp3) is 0.263. The number of benzene rings is 1. The topological polar surface area (TPSA) is 84.7 Å². The Morgan fingerprint density at radius 1 is 1.15 bits per heavy atom. The van der Waals surface area contributed by atoms with Gasteiger partial charge in [-0.1, -0.05) is 12.1 Å². The van der Waals surface area contributed by atoms with Crippen molar-refractivity contribution in [1.29, 1.82) is 0 Å². The molecule has 2 aromatic heterocycles. The second-order valence-electron chi connectivity index (χ2n) is 6.46. The summed E-state index contributed by atoms with van der Waals surface area (Å²) in [6, 6.07) is 7.52. The molecule has 2 N–H and O–H groups in total. The molecular formula is C19H22N6O. The molecule has 3 aromatic rings. The predicted molar refractivity (Wildman–Crippen MR) is 101 cm³/mol. The molecular weight excluding hydrogens is 328 g/mol. The molecule has 2 heterocycles. The first-order chi connectivity index (χ1) is 12.4. The minimum absolute atomic E-state index is 0.0788. The van der Waals surface area contributed by atoms with Gasteiger partial charge < -0.3 is 10.6 Å². The summed E-state index contributed by atoms with van der Waals surface area (Å²) in [5, 5.41) is 10.1. The molecule has 0 atom stereocenters. The largest absolute Gasteiger partial charge is 0.350 e. The molecule has 0 aliphatic heterocycles. The lowest BCUT2D eigenvalue weighted by atomic mass is 10.1. The molecule has 3 rings (SSSR count). The van der Waals surface area contributed by atoms with E-state index >= 15 is 0 Å². The molecule has 0 aliphatic rings. The lowest BCUT2D eigenvalue weighted by Crippen LogP contribution is -2.29. The van der Waals surface area contributed by atoms with Crippen molar-refractivity contribution in [2.24, 2.45) is 7.05 Å². The molecule has 0 unspecified atom stereocenters. The highest BCUT2D eigenvalue weighted by Gasteiger charge is 2.10. The Bertz CT molecular complexity index is 914. The maximum Gasteiger partial charge on any atom is 0.251 e. The van der Waals surface area contributed by atoms with Gasteiger partial charge in [0.15, 0.2) is 0 Å². The van der Waals surface area contributed by atoms with Gasteiger partial charge in [0.05, 0.1) is 17.6 Å². The maximum atomic E-state index is 12.1.